The average Bonchev–Trinajstić information content (AvgIpc) is 3.14. The van der Waals surface area contributed by atoms with Crippen molar-refractivity contribution in [2.24, 2.45) is 0 Å². The Morgan fingerprint density at radius 3 is 1.52 bits per heavy atom. The summed E-state index contributed by atoms with van der Waals surface area (Å²) < 4.78 is 1.89. The zero-order valence-electron chi connectivity index (χ0n) is 17.8. The van der Waals surface area contributed by atoms with Crippen molar-refractivity contribution in [2.45, 2.75) is 41.5 Å². The summed E-state index contributed by atoms with van der Waals surface area (Å²) >= 11 is 0. The number of aromatic nitrogens is 4. The van der Waals surface area contributed by atoms with Crippen molar-refractivity contribution in [3.05, 3.63) is 75.8 Å². The largest absolute Gasteiger partial charge is 0.183 e. The van der Waals surface area contributed by atoms with Crippen LogP contribution in [0.5, 0.6) is 0 Å². The molecular formula is C24H25N4P. The zero-order chi connectivity index (χ0) is 20.7. The van der Waals surface area contributed by atoms with E-state index in [1.807, 2.05) is 4.44 Å². The fraction of sp³-hybridized carbons (Fsp3) is 0.250. The first kappa shape index (κ1) is 19.5. The van der Waals surface area contributed by atoms with Crippen LogP contribution in [-0.4, -0.2) is 19.7 Å². The molecule has 29 heavy (non-hydrogen) atoms. The van der Waals surface area contributed by atoms with E-state index >= 15 is 0 Å². The molecule has 0 aliphatic heterocycles. The third-order valence-electron chi connectivity index (χ3n) is 5.42. The molecule has 0 unspecified atom stereocenters. The van der Waals surface area contributed by atoms with Crippen molar-refractivity contribution in [1.29, 1.82) is 0 Å². The van der Waals surface area contributed by atoms with E-state index in [-0.39, 0.29) is 0 Å². The molecule has 4 aromatic rings. The highest BCUT2D eigenvalue weighted by Gasteiger charge is 2.20. The number of rotatable bonds is 3. The number of aryl methyl sites for hydroxylation is 6. The number of nitrogens with zero attached hydrogens (tertiary/aromatic N) is 4. The molecule has 4 rings (SSSR count). The molecule has 4 nitrogen and oxygen atoms in total. The van der Waals surface area contributed by atoms with Crippen LogP contribution in [0.2, 0.25) is 0 Å². The van der Waals surface area contributed by atoms with Gasteiger partial charge in [-0.1, -0.05) is 58.5 Å². The maximum absolute atomic E-state index is 4.31. The third kappa shape index (κ3) is 3.49. The molecule has 5 heteroatoms. The van der Waals surface area contributed by atoms with Crippen LogP contribution in [0.1, 0.15) is 33.4 Å². The van der Waals surface area contributed by atoms with E-state index in [1.54, 1.807) is 0 Å². The Morgan fingerprint density at radius 2 is 1.14 bits per heavy atom. The Balaban J connectivity index is 2.10. The summed E-state index contributed by atoms with van der Waals surface area (Å²) in [5.74, 6) is 0. The number of hydrogen-bond donors (Lipinski definition) is 0. The fourth-order valence-corrected chi connectivity index (χ4v) is 5.11. The van der Waals surface area contributed by atoms with Gasteiger partial charge in [0.1, 0.15) is 0 Å². The van der Waals surface area contributed by atoms with Gasteiger partial charge in [-0.3, -0.25) is 0 Å². The molecule has 0 amide bonds. The summed E-state index contributed by atoms with van der Waals surface area (Å²) in [7, 11) is 0.718. The van der Waals surface area contributed by atoms with E-state index < -0.39 is 0 Å². The highest BCUT2D eigenvalue weighted by Crippen LogP contribution is 2.41. The molecule has 3 aromatic carbocycles. The Hall–Kier alpha value is -2.84. The molecule has 0 aliphatic rings. The molecule has 0 saturated carbocycles. The summed E-state index contributed by atoms with van der Waals surface area (Å²) in [6, 6.07) is 15.5. The molecular weight excluding hydrogens is 375 g/mol. The number of hydrogen-bond acceptors (Lipinski definition) is 3. The lowest BCUT2D eigenvalue weighted by atomic mass is 9.87. The summed E-state index contributed by atoms with van der Waals surface area (Å²) in [6.45, 7) is 13.0. The molecule has 1 heterocycles. The van der Waals surface area contributed by atoms with Crippen LogP contribution >= 0.6 is 8.51 Å². The predicted octanol–water partition coefficient (Wildman–Crippen LogP) is 6.43. The second-order valence-corrected chi connectivity index (χ2v) is 8.63. The molecule has 0 aliphatic carbocycles. The predicted molar refractivity (Wildman–Crippen MR) is 121 cm³/mol. The highest BCUT2D eigenvalue weighted by atomic mass is 31.1. The Bertz CT molecular complexity index is 1090. The lowest BCUT2D eigenvalue weighted by Crippen LogP contribution is -2.03. The van der Waals surface area contributed by atoms with Crippen LogP contribution in [0.4, 0.5) is 0 Å². The van der Waals surface area contributed by atoms with Crippen molar-refractivity contribution in [1.82, 2.24) is 19.7 Å². The van der Waals surface area contributed by atoms with Crippen LogP contribution in [-0.2, 0) is 0 Å². The van der Waals surface area contributed by atoms with Gasteiger partial charge in [-0.05, 0) is 85.3 Å². The SMILES string of the molecule is Cc1cc(C)c(-c2cccc(-c3c(C)cc(C)cc3C)c2-n2nnnp2)c(C)c1. The normalized spacial score (nSPS) is 11.4. The lowest BCUT2D eigenvalue weighted by Gasteiger charge is -2.20. The molecule has 0 fully saturated rings. The van der Waals surface area contributed by atoms with Gasteiger partial charge in [-0.15, -0.1) is 0 Å². The maximum atomic E-state index is 4.31. The van der Waals surface area contributed by atoms with Gasteiger partial charge in [0, 0.05) is 11.1 Å². The zero-order valence-corrected chi connectivity index (χ0v) is 18.7. The first-order chi connectivity index (χ1) is 13.9. The van der Waals surface area contributed by atoms with Crippen molar-refractivity contribution in [2.75, 3.05) is 0 Å². The third-order valence-corrected chi connectivity index (χ3v) is 6.03. The van der Waals surface area contributed by atoms with Gasteiger partial charge in [0.2, 0.25) is 0 Å². The number of benzene rings is 3. The van der Waals surface area contributed by atoms with E-state index in [2.05, 4.69) is 99.3 Å². The van der Waals surface area contributed by atoms with Gasteiger partial charge < -0.3 is 0 Å². The van der Waals surface area contributed by atoms with Gasteiger partial charge in [-0.2, -0.15) is 4.44 Å². The van der Waals surface area contributed by atoms with Gasteiger partial charge in [0.25, 0.3) is 0 Å². The minimum absolute atomic E-state index is 0.718. The monoisotopic (exact) mass is 400 g/mol. The van der Waals surface area contributed by atoms with Gasteiger partial charge in [0.05, 0.1) is 5.69 Å². The van der Waals surface area contributed by atoms with Gasteiger partial charge >= 0.3 is 0 Å². The minimum atomic E-state index is 0.718. The van der Waals surface area contributed by atoms with Crippen molar-refractivity contribution < 1.29 is 0 Å². The van der Waals surface area contributed by atoms with E-state index in [0.29, 0.717) is 0 Å². The van der Waals surface area contributed by atoms with Crippen LogP contribution < -0.4 is 0 Å². The minimum Gasteiger partial charge on any atom is -0.174 e. The summed E-state index contributed by atoms with van der Waals surface area (Å²) in [4.78, 5) is 4.09. The molecule has 0 atom stereocenters. The molecule has 0 saturated heterocycles. The summed E-state index contributed by atoms with van der Waals surface area (Å²) in [5, 5.41) is 8.20. The molecule has 1 aromatic heterocycles. The average molecular weight is 400 g/mol. The van der Waals surface area contributed by atoms with Gasteiger partial charge in [-0.25, -0.2) is 0 Å². The van der Waals surface area contributed by atoms with Crippen LogP contribution in [0.3, 0.4) is 0 Å². The first-order valence-electron chi connectivity index (χ1n) is 9.78. The van der Waals surface area contributed by atoms with E-state index in [9.17, 15) is 0 Å². The van der Waals surface area contributed by atoms with E-state index in [4.69, 9.17) is 0 Å². The second-order valence-electron chi connectivity index (χ2n) is 7.90. The highest BCUT2D eigenvalue weighted by molar-refractivity contribution is 7.21. The van der Waals surface area contributed by atoms with E-state index in [0.717, 1.165) is 14.2 Å². The molecule has 146 valence electrons. The fourth-order valence-electron chi connectivity index (χ4n) is 4.59. The quantitative estimate of drug-likeness (QED) is 0.398. The Kier molecular flexibility index (Phi) is 5.06. The van der Waals surface area contributed by atoms with Crippen LogP contribution in [0.25, 0.3) is 27.9 Å². The molecule has 0 spiro atoms. The van der Waals surface area contributed by atoms with Crippen LogP contribution in [0.15, 0.2) is 42.5 Å². The van der Waals surface area contributed by atoms with Gasteiger partial charge in [0.15, 0.2) is 8.51 Å². The smallest absolute Gasteiger partial charge is 0.174 e. The Labute approximate surface area is 173 Å². The topological polar surface area (TPSA) is 43.6 Å². The number of para-hydroxylation sites is 1. The first-order valence-corrected chi connectivity index (χ1v) is 10.6. The Morgan fingerprint density at radius 1 is 0.690 bits per heavy atom. The molecule has 0 bridgehead atoms. The van der Waals surface area contributed by atoms with E-state index in [1.165, 1.54) is 55.6 Å². The second kappa shape index (κ2) is 7.53. The van der Waals surface area contributed by atoms with Crippen molar-refractivity contribution in [3.63, 3.8) is 0 Å². The summed E-state index contributed by atoms with van der Waals surface area (Å²) in [6.07, 6.45) is 0. The summed E-state index contributed by atoms with van der Waals surface area (Å²) in [5.41, 5.74) is 13.5. The maximum Gasteiger partial charge on any atom is 0.183 e. The standard InChI is InChI=1S/C24H25N4P/c1-14-10-16(3)22(17(4)11-14)20-8-7-9-21(24(20)28-26-25-27-29-28)23-18(5)12-15(2)13-19(23)6/h7-13H,1-6H3. The molecule has 0 N–H and O–H groups in total. The van der Waals surface area contributed by atoms with Crippen LogP contribution in [0, 0.1) is 41.5 Å². The lowest BCUT2D eigenvalue weighted by molar-refractivity contribution is 0.804. The van der Waals surface area contributed by atoms with Crippen molar-refractivity contribution >= 4 is 8.51 Å². The molecule has 0 radical (unpaired) electrons. The van der Waals surface area contributed by atoms with Crippen molar-refractivity contribution in [3.8, 4) is 27.9 Å².